The van der Waals surface area contributed by atoms with Gasteiger partial charge in [0.15, 0.2) is 5.75 Å². The number of carbonyl (C=O) groups excluding carboxylic acids is 1. The minimum Gasteiger partial charge on any atom is -0.465 e. The van der Waals surface area contributed by atoms with Crippen LogP contribution in [0.25, 0.3) is 0 Å². The molecule has 34 heavy (non-hydrogen) atoms. The lowest BCUT2D eigenvalue weighted by Crippen LogP contribution is -2.31. The molecule has 1 saturated carbocycles. The van der Waals surface area contributed by atoms with Crippen molar-refractivity contribution < 1.29 is 27.4 Å². The van der Waals surface area contributed by atoms with E-state index in [1.165, 1.54) is 19.2 Å². The van der Waals surface area contributed by atoms with Crippen molar-refractivity contribution in [3.8, 4) is 5.75 Å². The third kappa shape index (κ3) is 5.66. The molecule has 5 nitrogen and oxygen atoms in total. The third-order valence-corrected chi connectivity index (χ3v) is 7.10. The number of ether oxygens (including phenoxy) is 2. The molecule has 1 unspecified atom stereocenters. The van der Waals surface area contributed by atoms with E-state index in [9.17, 15) is 18.0 Å². The van der Waals surface area contributed by atoms with Crippen LogP contribution in [0, 0.1) is 5.92 Å². The number of carbonyl (C=O) groups is 1. The van der Waals surface area contributed by atoms with E-state index < -0.39 is 12.1 Å². The lowest BCUT2D eigenvalue weighted by molar-refractivity contribution is -0.274. The Morgan fingerprint density at radius 1 is 1.12 bits per heavy atom. The van der Waals surface area contributed by atoms with Crippen molar-refractivity contribution in [3.63, 3.8) is 0 Å². The van der Waals surface area contributed by atoms with Gasteiger partial charge >= 0.3 is 12.3 Å². The number of rotatable bonds is 5. The zero-order chi connectivity index (χ0) is 24.5. The second-order valence-electron chi connectivity index (χ2n) is 8.86. The van der Waals surface area contributed by atoms with Crippen molar-refractivity contribution in [1.82, 2.24) is 0 Å². The van der Waals surface area contributed by atoms with Crippen molar-refractivity contribution in [2.45, 2.75) is 56.5 Å². The van der Waals surface area contributed by atoms with E-state index in [-0.39, 0.29) is 27.6 Å². The van der Waals surface area contributed by atoms with Crippen LogP contribution in [0.4, 0.5) is 13.2 Å². The van der Waals surface area contributed by atoms with E-state index in [0.717, 1.165) is 43.2 Å². The Morgan fingerprint density at radius 2 is 1.74 bits per heavy atom. The maximum atomic E-state index is 12.5. The lowest BCUT2D eigenvalue weighted by Gasteiger charge is -2.34. The summed E-state index contributed by atoms with van der Waals surface area (Å²) in [6.45, 7) is 0. The van der Waals surface area contributed by atoms with Crippen LogP contribution >= 0.6 is 23.2 Å². The molecule has 0 amide bonds. The topological polar surface area (TPSA) is 60.2 Å². The van der Waals surface area contributed by atoms with Gasteiger partial charge in [-0.3, -0.25) is 0 Å². The summed E-state index contributed by atoms with van der Waals surface area (Å²) in [6, 6.07) is 10.2. The van der Waals surface area contributed by atoms with E-state index in [1.807, 2.05) is 12.1 Å². The first-order chi connectivity index (χ1) is 16.1. The SMILES string of the molecule is COC(=O)c1ccc(C2CC3(CCC(Cc4cc(Cl)c(OC(F)(F)F)c(Cl)c4)CC3)N=N2)cc1. The Kier molecular flexibility index (Phi) is 7.10. The molecule has 2 aromatic rings. The second kappa shape index (κ2) is 9.74. The summed E-state index contributed by atoms with van der Waals surface area (Å²) in [5, 5.41) is 8.85. The van der Waals surface area contributed by atoms with Crippen molar-refractivity contribution in [2.24, 2.45) is 16.1 Å². The first kappa shape index (κ1) is 24.8. The first-order valence-electron chi connectivity index (χ1n) is 10.9. The van der Waals surface area contributed by atoms with Crippen molar-refractivity contribution in [2.75, 3.05) is 7.11 Å². The van der Waals surface area contributed by atoms with Gasteiger partial charge in [0.05, 0.1) is 34.3 Å². The molecule has 0 aromatic heterocycles. The molecule has 0 N–H and O–H groups in total. The van der Waals surface area contributed by atoms with Gasteiger partial charge in [-0.15, -0.1) is 13.2 Å². The van der Waals surface area contributed by atoms with Crippen molar-refractivity contribution in [3.05, 3.63) is 63.1 Å². The number of hydrogen-bond acceptors (Lipinski definition) is 5. The maximum Gasteiger partial charge on any atom is 0.573 e. The van der Waals surface area contributed by atoms with Gasteiger partial charge in [-0.05, 0) is 73.4 Å². The van der Waals surface area contributed by atoms with Crippen LogP contribution in [-0.2, 0) is 11.2 Å². The highest BCUT2D eigenvalue weighted by Gasteiger charge is 2.41. The number of halogens is 5. The molecule has 0 saturated heterocycles. The maximum absolute atomic E-state index is 12.5. The van der Waals surface area contributed by atoms with Crippen molar-refractivity contribution >= 4 is 29.2 Å². The van der Waals surface area contributed by atoms with E-state index in [0.29, 0.717) is 17.9 Å². The van der Waals surface area contributed by atoms with Crippen LogP contribution < -0.4 is 4.74 Å². The Hall–Kier alpha value is -2.32. The average Bonchev–Trinajstić information content (AvgIpc) is 3.21. The molecular weight excluding hydrogens is 492 g/mol. The highest BCUT2D eigenvalue weighted by atomic mass is 35.5. The monoisotopic (exact) mass is 514 g/mol. The quantitative estimate of drug-likeness (QED) is 0.383. The van der Waals surface area contributed by atoms with E-state index in [2.05, 4.69) is 15.0 Å². The number of hydrogen-bond donors (Lipinski definition) is 0. The Bertz CT molecular complexity index is 1060. The molecule has 1 heterocycles. The number of azo groups is 1. The van der Waals surface area contributed by atoms with Gasteiger partial charge in [0, 0.05) is 6.42 Å². The van der Waals surface area contributed by atoms with Crippen LogP contribution in [0.15, 0.2) is 46.6 Å². The summed E-state index contributed by atoms with van der Waals surface area (Å²) in [6.07, 6.45) is 0.231. The fourth-order valence-corrected chi connectivity index (χ4v) is 5.39. The number of methoxy groups -OCH3 is 1. The highest BCUT2D eigenvalue weighted by Crippen LogP contribution is 2.47. The molecule has 10 heteroatoms. The minimum atomic E-state index is -4.86. The predicted molar refractivity (Wildman–Crippen MR) is 122 cm³/mol. The molecule has 1 spiro atoms. The van der Waals surface area contributed by atoms with Gasteiger partial charge in [0.1, 0.15) is 0 Å². The van der Waals surface area contributed by atoms with Gasteiger partial charge < -0.3 is 9.47 Å². The highest BCUT2D eigenvalue weighted by molar-refractivity contribution is 6.37. The summed E-state index contributed by atoms with van der Waals surface area (Å²) in [7, 11) is 1.35. The number of nitrogens with zero attached hydrogens (tertiary/aromatic N) is 2. The molecule has 0 bridgehead atoms. The van der Waals surface area contributed by atoms with Gasteiger partial charge in [-0.25, -0.2) is 4.79 Å². The summed E-state index contributed by atoms with van der Waals surface area (Å²) in [5.74, 6) is -0.598. The second-order valence-corrected chi connectivity index (χ2v) is 9.67. The molecule has 0 radical (unpaired) electrons. The number of esters is 1. The van der Waals surface area contributed by atoms with Gasteiger partial charge in [-0.2, -0.15) is 10.2 Å². The van der Waals surface area contributed by atoms with Crippen LogP contribution in [0.3, 0.4) is 0 Å². The summed E-state index contributed by atoms with van der Waals surface area (Å²) < 4.78 is 46.3. The Balaban J connectivity index is 1.34. The molecule has 2 aromatic carbocycles. The minimum absolute atomic E-state index is 0.0398. The molecule has 1 atom stereocenters. The molecule has 1 aliphatic heterocycles. The smallest absolute Gasteiger partial charge is 0.465 e. The van der Waals surface area contributed by atoms with Gasteiger partial charge in [0.25, 0.3) is 0 Å². The fourth-order valence-electron chi connectivity index (χ4n) is 4.78. The van der Waals surface area contributed by atoms with Crippen LogP contribution in [0.5, 0.6) is 5.75 Å². The van der Waals surface area contributed by atoms with Gasteiger partial charge in [-0.1, -0.05) is 35.3 Å². The van der Waals surface area contributed by atoms with Crippen molar-refractivity contribution in [1.29, 1.82) is 0 Å². The molecule has 1 fully saturated rings. The van der Waals surface area contributed by atoms with Gasteiger partial charge in [0.2, 0.25) is 0 Å². The zero-order valence-corrected chi connectivity index (χ0v) is 19.9. The number of alkyl halides is 3. The number of benzene rings is 2. The third-order valence-electron chi connectivity index (χ3n) is 6.54. The Labute approximate surface area is 205 Å². The molecule has 1 aliphatic carbocycles. The lowest BCUT2D eigenvalue weighted by atomic mass is 9.72. The fraction of sp³-hybridized carbons (Fsp3) is 0.458. The summed E-state index contributed by atoms with van der Waals surface area (Å²) in [5.41, 5.74) is 2.10. The largest absolute Gasteiger partial charge is 0.573 e. The van der Waals surface area contributed by atoms with Crippen LogP contribution in [-0.4, -0.2) is 25.0 Å². The average molecular weight is 515 g/mol. The van der Waals surface area contributed by atoms with Crippen LogP contribution in [0.2, 0.25) is 10.0 Å². The first-order valence-corrected chi connectivity index (χ1v) is 11.7. The molecule has 2 aliphatic rings. The molecule has 4 rings (SSSR count). The summed E-state index contributed by atoms with van der Waals surface area (Å²) >= 11 is 12.0. The predicted octanol–water partition coefficient (Wildman–Crippen LogP) is 7.75. The van der Waals surface area contributed by atoms with Crippen LogP contribution in [0.1, 0.15) is 59.6 Å². The zero-order valence-electron chi connectivity index (χ0n) is 18.4. The molecule has 182 valence electrons. The summed E-state index contributed by atoms with van der Waals surface area (Å²) in [4.78, 5) is 11.6. The molecular formula is C24H23Cl2F3N2O3. The van der Waals surface area contributed by atoms with E-state index >= 15 is 0 Å². The standard InChI is InChI=1S/C24H23Cl2F3N2O3/c1-33-22(32)17-4-2-16(3-5-17)20-13-23(31-30-20)8-6-14(7-9-23)10-15-11-18(25)21(19(26)12-15)34-24(27,28)29/h2-5,11-12,14,20H,6-10,13H2,1H3. The Morgan fingerprint density at radius 3 is 2.29 bits per heavy atom. The normalized spacial score (nSPS) is 24.4. The van der Waals surface area contributed by atoms with E-state index in [4.69, 9.17) is 27.9 Å². The van der Waals surface area contributed by atoms with E-state index in [1.54, 1.807) is 12.1 Å².